The van der Waals surface area contributed by atoms with Gasteiger partial charge in [-0.1, -0.05) is 6.07 Å². The van der Waals surface area contributed by atoms with E-state index >= 15 is 0 Å². The van der Waals surface area contributed by atoms with Crippen LogP contribution >= 0.6 is 0 Å². The third kappa shape index (κ3) is 3.32. The Hall–Kier alpha value is -2.63. The summed E-state index contributed by atoms with van der Waals surface area (Å²) in [6.07, 6.45) is 5.27. The second kappa shape index (κ2) is 7.29. The van der Waals surface area contributed by atoms with Crippen molar-refractivity contribution >= 4 is 11.7 Å². The molecule has 3 rings (SSSR count). The first-order chi connectivity index (χ1) is 11.7. The number of nitrogens with zero attached hydrogens (tertiary/aromatic N) is 4. The number of rotatable bonds is 4. The van der Waals surface area contributed by atoms with E-state index in [0.29, 0.717) is 17.5 Å². The Bertz CT molecular complexity index is 684. The number of aromatic nitrogens is 2. The molecule has 0 aliphatic carbocycles. The van der Waals surface area contributed by atoms with Crippen molar-refractivity contribution in [1.82, 2.24) is 14.9 Å². The molecule has 24 heavy (non-hydrogen) atoms. The Morgan fingerprint density at radius 2 is 1.92 bits per heavy atom. The van der Waals surface area contributed by atoms with Crippen LogP contribution in [0, 0.1) is 0 Å². The zero-order valence-corrected chi connectivity index (χ0v) is 14.1. The topological polar surface area (TPSA) is 58.6 Å². The fraction of sp³-hybridized carbons (Fsp3) is 0.389. The highest BCUT2D eigenvalue weighted by Crippen LogP contribution is 2.23. The van der Waals surface area contributed by atoms with Gasteiger partial charge in [0.15, 0.2) is 0 Å². The molecule has 0 spiro atoms. The van der Waals surface area contributed by atoms with Crippen molar-refractivity contribution in [3.05, 3.63) is 48.3 Å². The minimum Gasteiger partial charge on any atom is -0.480 e. The average Bonchev–Trinajstić information content (AvgIpc) is 2.67. The van der Waals surface area contributed by atoms with Crippen LogP contribution in [0.1, 0.15) is 23.2 Å². The van der Waals surface area contributed by atoms with E-state index in [9.17, 15) is 4.79 Å². The minimum absolute atomic E-state index is 0.0149. The van der Waals surface area contributed by atoms with E-state index in [1.807, 2.05) is 23.1 Å². The van der Waals surface area contributed by atoms with Crippen molar-refractivity contribution in [1.29, 1.82) is 0 Å². The van der Waals surface area contributed by atoms with E-state index in [2.05, 4.69) is 21.9 Å². The molecule has 0 aromatic carbocycles. The number of carbonyl (C=O) groups excluding carboxylic acids is 1. The van der Waals surface area contributed by atoms with E-state index in [4.69, 9.17) is 4.74 Å². The van der Waals surface area contributed by atoms with Gasteiger partial charge in [0.05, 0.1) is 7.11 Å². The van der Waals surface area contributed by atoms with Gasteiger partial charge in [-0.3, -0.25) is 4.79 Å². The van der Waals surface area contributed by atoms with Gasteiger partial charge in [-0.15, -0.1) is 0 Å². The maximum Gasteiger partial charge on any atom is 0.259 e. The lowest BCUT2D eigenvalue weighted by atomic mass is 10.0. The van der Waals surface area contributed by atoms with Crippen LogP contribution in [0.5, 0.6) is 5.88 Å². The SMILES string of the molecule is COc1ncccc1C(=O)N1CCC(N(C)c2ccccn2)CC1. The van der Waals surface area contributed by atoms with Crippen LogP contribution in [-0.4, -0.2) is 54.1 Å². The first kappa shape index (κ1) is 16.2. The van der Waals surface area contributed by atoms with E-state index in [0.717, 1.165) is 31.7 Å². The van der Waals surface area contributed by atoms with Crippen molar-refractivity contribution in [2.24, 2.45) is 0 Å². The number of hydrogen-bond donors (Lipinski definition) is 0. The zero-order chi connectivity index (χ0) is 16.9. The number of piperidine rings is 1. The maximum atomic E-state index is 12.7. The number of amides is 1. The number of pyridine rings is 2. The molecule has 1 fully saturated rings. The van der Waals surface area contributed by atoms with E-state index in [1.165, 1.54) is 7.11 Å². The van der Waals surface area contributed by atoms with Crippen LogP contribution < -0.4 is 9.64 Å². The largest absolute Gasteiger partial charge is 0.480 e. The van der Waals surface area contributed by atoms with Crippen LogP contribution in [0.15, 0.2) is 42.7 Å². The van der Waals surface area contributed by atoms with E-state index < -0.39 is 0 Å². The van der Waals surface area contributed by atoms with Gasteiger partial charge in [0.1, 0.15) is 11.4 Å². The first-order valence-electron chi connectivity index (χ1n) is 8.13. The normalized spacial score (nSPS) is 15.2. The molecule has 0 N–H and O–H groups in total. The number of likely N-dealkylation sites (tertiary alicyclic amines) is 1. The van der Waals surface area contributed by atoms with Gasteiger partial charge in [0.25, 0.3) is 5.91 Å². The first-order valence-corrected chi connectivity index (χ1v) is 8.13. The van der Waals surface area contributed by atoms with Crippen molar-refractivity contribution in [3.8, 4) is 5.88 Å². The summed E-state index contributed by atoms with van der Waals surface area (Å²) in [5.41, 5.74) is 0.525. The Morgan fingerprint density at radius 1 is 1.17 bits per heavy atom. The minimum atomic E-state index is -0.0149. The molecule has 0 saturated carbocycles. The molecule has 1 aliphatic heterocycles. The lowest BCUT2D eigenvalue weighted by Gasteiger charge is -2.37. The fourth-order valence-corrected chi connectivity index (χ4v) is 3.09. The molecule has 126 valence electrons. The third-order valence-corrected chi connectivity index (χ3v) is 4.50. The summed E-state index contributed by atoms with van der Waals surface area (Å²) < 4.78 is 5.20. The lowest BCUT2D eigenvalue weighted by molar-refractivity contribution is 0.0709. The highest BCUT2D eigenvalue weighted by Gasteiger charge is 2.27. The van der Waals surface area contributed by atoms with Crippen molar-refractivity contribution < 1.29 is 9.53 Å². The molecule has 2 aromatic heterocycles. The monoisotopic (exact) mass is 326 g/mol. The Labute approximate surface area is 142 Å². The number of ether oxygens (including phenoxy) is 1. The second-order valence-electron chi connectivity index (χ2n) is 5.88. The molecule has 3 heterocycles. The number of methoxy groups -OCH3 is 1. The smallest absolute Gasteiger partial charge is 0.259 e. The Morgan fingerprint density at radius 3 is 2.58 bits per heavy atom. The molecule has 6 nitrogen and oxygen atoms in total. The van der Waals surface area contributed by atoms with Crippen LogP contribution in [0.2, 0.25) is 0 Å². The highest BCUT2D eigenvalue weighted by atomic mass is 16.5. The van der Waals surface area contributed by atoms with Gasteiger partial charge >= 0.3 is 0 Å². The standard InChI is InChI=1S/C18H22N4O2/c1-21(16-7-3-4-10-19-16)14-8-12-22(13-9-14)18(23)15-6-5-11-20-17(15)24-2/h3-7,10-11,14H,8-9,12-13H2,1-2H3. The summed E-state index contributed by atoms with van der Waals surface area (Å²) in [7, 11) is 3.60. The lowest BCUT2D eigenvalue weighted by Crippen LogP contribution is -2.46. The molecule has 2 aromatic rings. The zero-order valence-electron chi connectivity index (χ0n) is 14.1. The van der Waals surface area contributed by atoms with Gasteiger partial charge in [-0.2, -0.15) is 0 Å². The van der Waals surface area contributed by atoms with Crippen molar-refractivity contribution in [2.75, 3.05) is 32.1 Å². The summed E-state index contributed by atoms with van der Waals surface area (Å²) in [5, 5.41) is 0. The van der Waals surface area contributed by atoms with Crippen molar-refractivity contribution in [3.63, 3.8) is 0 Å². The molecule has 0 atom stereocenters. The molecular formula is C18H22N4O2. The molecule has 0 unspecified atom stereocenters. The highest BCUT2D eigenvalue weighted by molar-refractivity contribution is 5.96. The van der Waals surface area contributed by atoms with E-state index in [-0.39, 0.29) is 5.91 Å². The van der Waals surface area contributed by atoms with Crippen molar-refractivity contribution in [2.45, 2.75) is 18.9 Å². The summed E-state index contributed by atoms with van der Waals surface area (Å²) in [4.78, 5) is 25.3. The fourth-order valence-electron chi connectivity index (χ4n) is 3.09. The maximum absolute atomic E-state index is 12.7. The number of hydrogen-bond acceptors (Lipinski definition) is 5. The number of carbonyl (C=O) groups is 1. The van der Waals surface area contributed by atoms with E-state index in [1.54, 1.807) is 24.5 Å². The van der Waals surface area contributed by atoms with Gasteiger partial charge < -0.3 is 14.5 Å². The van der Waals surface area contributed by atoms with Gasteiger partial charge in [-0.25, -0.2) is 9.97 Å². The van der Waals surface area contributed by atoms with Crippen LogP contribution in [0.25, 0.3) is 0 Å². The molecule has 1 aliphatic rings. The molecule has 0 bridgehead atoms. The third-order valence-electron chi connectivity index (χ3n) is 4.50. The van der Waals surface area contributed by atoms with Gasteiger partial charge in [0.2, 0.25) is 5.88 Å². The second-order valence-corrected chi connectivity index (χ2v) is 5.88. The quantitative estimate of drug-likeness (QED) is 0.862. The predicted octanol–water partition coefficient (Wildman–Crippen LogP) is 2.23. The van der Waals surface area contributed by atoms with Crippen LogP contribution in [-0.2, 0) is 0 Å². The van der Waals surface area contributed by atoms with Crippen LogP contribution in [0.3, 0.4) is 0 Å². The van der Waals surface area contributed by atoms with Gasteiger partial charge in [0, 0.05) is 38.6 Å². The Balaban J connectivity index is 1.64. The summed E-state index contributed by atoms with van der Waals surface area (Å²) >= 11 is 0. The predicted molar refractivity (Wildman–Crippen MR) is 92.4 cm³/mol. The molecular weight excluding hydrogens is 304 g/mol. The molecule has 0 radical (unpaired) electrons. The average molecular weight is 326 g/mol. The molecule has 1 saturated heterocycles. The number of anilines is 1. The van der Waals surface area contributed by atoms with Gasteiger partial charge in [-0.05, 0) is 37.1 Å². The summed E-state index contributed by atoms with van der Waals surface area (Å²) in [6.45, 7) is 1.44. The van der Waals surface area contributed by atoms with Crippen LogP contribution in [0.4, 0.5) is 5.82 Å². The molecule has 6 heteroatoms. The molecule has 1 amide bonds. The summed E-state index contributed by atoms with van der Waals surface area (Å²) in [6, 6.07) is 9.83. The summed E-state index contributed by atoms with van der Waals surface area (Å²) in [5.74, 6) is 1.34. The Kier molecular flexibility index (Phi) is 4.93.